The lowest BCUT2D eigenvalue weighted by Crippen LogP contribution is -2.31. The van der Waals surface area contributed by atoms with Gasteiger partial charge in [-0.3, -0.25) is 4.79 Å². The molecule has 0 bridgehead atoms. The maximum absolute atomic E-state index is 13.3. The normalized spacial score (nSPS) is 13.4. The van der Waals surface area contributed by atoms with E-state index in [1.165, 1.54) is 21.3 Å². The Hall–Kier alpha value is -5.47. The van der Waals surface area contributed by atoms with Crippen LogP contribution in [0, 0.1) is 0 Å². The highest BCUT2D eigenvalue weighted by Crippen LogP contribution is 2.29. The Morgan fingerprint density at radius 2 is 2.05 bits per heavy atom. The Morgan fingerprint density at radius 1 is 1.15 bits per heavy atom. The van der Waals surface area contributed by atoms with Crippen LogP contribution in [0.5, 0.6) is 0 Å². The van der Waals surface area contributed by atoms with Crippen LogP contribution in [0.2, 0.25) is 0 Å². The first-order chi connectivity index (χ1) is 19.1. The maximum Gasteiger partial charge on any atom is 0.293 e. The Labute approximate surface area is 221 Å². The molecule has 1 aliphatic rings. The number of nitrogens with zero attached hydrogens (tertiary/aromatic N) is 11. The molecule has 0 radical (unpaired) electrons. The SMILES string of the molecule is C/C(=N\NC(=O)c1nnn(-c2nonc2N)c1CN1CCCc2ccccc21)c1cccc(-n2cnnn2)c1. The van der Waals surface area contributed by atoms with Crippen LogP contribution in [0.4, 0.5) is 11.5 Å². The van der Waals surface area contributed by atoms with Gasteiger partial charge in [-0.1, -0.05) is 35.5 Å². The molecule has 2 aromatic carbocycles. The number of benzene rings is 2. The second-order valence-corrected chi connectivity index (χ2v) is 8.87. The molecule has 39 heavy (non-hydrogen) atoms. The number of hydrogen-bond acceptors (Lipinski definition) is 12. The van der Waals surface area contributed by atoms with Crippen LogP contribution in [0.1, 0.15) is 40.7 Å². The van der Waals surface area contributed by atoms with Gasteiger partial charge in [-0.2, -0.15) is 9.78 Å². The van der Waals surface area contributed by atoms with Crippen molar-refractivity contribution in [1.82, 2.24) is 50.9 Å². The van der Waals surface area contributed by atoms with E-state index in [4.69, 9.17) is 10.4 Å². The van der Waals surface area contributed by atoms with Crippen LogP contribution < -0.4 is 16.1 Å². The predicted octanol–water partition coefficient (Wildman–Crippen LogP) is 1.31. The number of nitrogens with one attached hydrogen (secondary N) is 1. The van der Waals surface area contributed by atoms with E-state index in [9.17, 15) is 4.79 Å². The van der Waals surface area contributed by atoms with Crippen molar-refractivity contribution in [3.8, 4) is 11.5 Å². The zero-order valence-electron chi connectivity index (χ0n) is 20.8. The minimum absolute atomic E-state index is 0.0310. The number of tetrazole rings is 1. The first kappa shape index (κ1) is 23.9. The zero-order valence-corrected chi connectivity index (χ0v) is 20.8. The molecular formula is C24H23N13O2. The van der Waals surface area contributed by atoms with Crippen LogP contribution >= 0.6 is 0 Å². The zero-order chi connectivity index (χ0) is 26.8. The summed E-state index contributed by atoms with van der Waals surface area (Å²) >= 11 is 0. The molecule has 0 fully saturated rings. The number of hydrogen-bond donors (Lipinski definition) is 2. The van der Waals surface area contributed by atoms with Gasteiger partial charge in [0.2, 0.25) is 11.6 Å². The highest BCUT2D eigenvalue weighted by Gasteiger charge is 2.27. The van der Waals surface area contributed by atoms with E-state index in [2.05, 4.69) is 63.7 Å². The fourth-order valence-electron chi connectivity index (χ4n) is 4.49. The van der Waals surface area contributed by atoms with Crippen LogP contribution in [0.15, 0.2) is 64.6 Å². The van der Waals surface area contributed by atoms with Gasteiger partial charge < -0.3 is 10.6 Å². The molecule has 196 valence electrons. The van der Waals surface area contributed by atoms with Gasteiger partial charge in [0.1, 0.15) is 6.33 Å². The van der Waals surface area contributed by atoms with E-state index in [1.54, 1.807) is 6.92 Å². The van der Waals surface area contributed by atoms with Crippen molar-refractivity contribution in [1.29, 1.82) is 0 Å². The van der Waals surface area contributed by atoms with Gasteiger partial charge in [0.05, 0.1) is 23.6 Å². The van der Waals surface area contributed by atoms with Crippen molar-refractivity contribution in [2.24, 2.45) is 5.10 Å². The van der Waals surface area contributed by atoms with Gasteiger partial charge in [-0.05, 0) is 69.8 Å². The summed E-state index contributed by atoms with van der Waals surface area (Å²) in [6, 6.07) is 15.6. The number of para-hydroxylation sites is 1. The average Bonchev–Trinajstić information content (AvgIpc) is 3.73. The summed E-state index contributed by atoms with van der Waals surface area (Å²) in [4.78, 5) is 15.5. The summed E-state index contributed by atoms with van der Waals surface area (Å²) in [6.45, 7) is 2.91. The number of carbonyl (C=O) groups is 1. The Bertz CT molecular complexity index is 1650. The van der Waals surface area contributed by atoms with E-state index in [0.717, 1.165) is 36.3 Å². The van der Waals surface area contributed by atoms with Gasteiger partial charge in [-0.25, -0.2) is 14.7 Å². The summed E-state index contributed by atoms with van der Waals surface area (Å²) in [5.41, 5.74) is 13.5. The van der Waals surface area contributed by atoms with E-state index in [0.29, 0.717) is 18.0 Å². The smallest absolute Gasteiger partial charge is 0.293 e. The monoisotopic (exact) mass is 525 g/mol. The largest absolute Gasteiger partial charge is 0.378 e. The van der Waals surface area contributed by atoms with Gasteiger partial charge in [-0.15, -0.1) is 10.2 Å². The quantitative estimate of drug-likeness (QED) is 0.231. The van der Waals surface area contributed by atoms with Crippen LogP contribution in [0.25, 0.3) is 11.5 Å². The molecule has 0 atom stereocenters. The number of aryl methyl sites for hydroxylation is 1. The number of nitrogens with two attached hydrogens (primary N) is 1. The average molecular weight is 526 g/mol. The highest BCUT2D eigenvalue weighted by atomic mass is 16.6. The predicted molar refractivity (Wildman–Crippen MR) is 138 cm³/mol. The third kappa shape index (κ3) is 4.68. The van der Waals surface area contributed by atoms with Crippen molar-refractivity contribution in [3.05, 3.63) is 77.4 Å². The van der Waals surface area contributed by atoms with Crippen molar-refractivity contribution >= 4 is 23.1 Å². The van der Waals surface area contributed by atoms with Crippen molar-refractivity contribution in [2.45, 2.75) is 26.3 Å². The second-order valence-electron chi connectivity index (χ2n) is 8.87. The lowest BCUT2D eigenvalue weighted by Gasteiger charge is -2.31. The third-order valence-corrected chi connectivity index (χ3v) is 6.42. The molecule has 6 rings (SSSR count). The molecule has 15 heteroatoms. The molecule has 3 aromatic heterocycles. The molecule has 0 aliphatic carbocycles. The van der Waals surface area contributed by atoms with E-state index < -0.39 is 5.91 Å². The standard InChI is InChI=1S/C24H23N13O2/c1-15(17-7-4-9-18(12-17)36-14-26-32-34-36)27-29-24(38)21-20(37(33-28-21)23-22(25)30-39-31-23)13-35-11-5-8-16-6-2-3-10-19(16)35/h2-4,6-7,9-10,12,14H,5,8,11,13H2,1H3,(H2,25,30)(H,29,38)/b27-15+. The van der Waals surface area contributed by atoms with Crippen molar-refractivity contribution in [2.75, 3.05) is 17.2 Å². The van der Waals surface area contributed by atoms with Crippen molar-refractivity contribution < 1.29 is 9.42 Å². The Morgan fingerprint density at radius 3 is 2.87 bits per heavy atom. The van der Waals surface area contributed by atoms with E-state index in [1.807, 2.05) is 36.4 Å². The first-order valence-electron chi connectivity index (χ1n) is 12.1. The maximum atomic E-state index is 13.3. The minimum atomic E-state index is -0.535. The molecule has 0 spiro atoms. The van der Waals surface area contributed by atoms with Crippen LogP contribution in [-0.2, 0) is 13.0 Å². The number of fused-ring (bicyclic) bond motifs is 1. The fourth-order valence-corrected chi connectivity index (χ4v) is 4.49. The second kappa shape index (κ2) is 10.1. The third-order valence-electron chi connectivity index (χ3n) is 6.42. The summed E-state index contributed by atoms with van der Waals surface area (Å²) < 4.78 is 7.68. The van der Waals surface area contributed by atoms with Crippen LogP contribution in [0.3, 0.4) is 0 Å². The van der Waals surface area contributed by atoms with Gasteiger partial charge in [0.15, 0.2) is 5.69 Å². The number of aromatic nitrogens is 9. The van der Waals surface area contributed by atoms with Crippen molar-refractivity contribution in [3.63, 3.8) is 0 Å². The summed E-state index contributed by atoms with van der Waals surface area (Å²) in [5.74, 6) is -0.350. The van der Waals surface area contributed by atoms with E-state index >= 15 is 0 Å². The topological polar surface area (TPSA) is 184 Å². The molecule has 3 N–H and O–H groups in total. The Kier molecular flexibility index (Phi) is 6.20. The molecular weight excluding hydrogens is 502 g/mol. The number of nitrogen functional groups attached to an aromatic ring is 1. The van der Waals surface area contributed by atoms with Crippen LogP contribution in [-0.4, -0.2) is 63.7 Å². The number of anilines is 2. The summed E-state index contributed by atoms with van der Waals surface area (Å²) in [7, 11) is 0. The Balaban J connectivity index is 1.29. The molecule has 4 heterocycles. The molecule has 15 nitrogen and oxygen atoms in total. The molecule has 5 aromatic rings. The van der Waals surface area contributed by atoms with Gasteiger partial charge >= 0.3 is 0 Å². The highest BCUT2D eigenvalue weighted by molar-refractivity contribution is 6.01. The molecule has 1 amide bonds. The van der Waals surface area contributed by atoms with Gasteiger partial charge in [0, 0.05) is 12.2 Å². The van der Waals surface area contributed by atoms with Gasteiger partial charge in [0.25, 0.3) is 5.91 Å². The molecule has 1 aliphatic heterocycles. The number of carbonyl (C=O) groups excluding carboxylic acids is 1. The molecule has 0 unspecified atom stereocenters. The molecule has 0 saturated carbocycles. The number of amides is 1. The first-order valence-corrected chi connectivity index (χ1v) is 12.1. The summed E-state index contributed by atoms with van der Waals surface area (Å²) in [5, 5.41) is 31.3. The lowest BCUT2D eigenvalue weighted by molar-refractivity contribution is 0.0948. The lowest BCUT2D eigenvalue weighted by atomic mass is 10.0. The number of hydrazone groups is 1. The molecule has 0 saturated heterocycles. The fraction of sp³-hybridized carbons (Fsp3) is 0.208. The number of rotatable bonds is 7. The minimum Gasteiger partial charge on any atom is -0.378 e. The summed E-state index contributed by atoms with van der Waals surface area (Å²) in [6.07, 6.45) is 3.46. The van der Waals surface area contributed by atoms with E-state index in [-0.39, 0.29) is 17.3 Å².